The van der Waals surface area contributed by atoms with Gasteiger partial charge in [-0.2, -0.15) is 5.26 Å². The monoisotopic (exact) mass is 636 g/mol. The number of benzene rings is 3. The van der Waals surface area contributed by atoms with Crippen LogP contribution in [-0.4, -0.2) is 22.7 Å². The van der Waals surface area contributed by atoms with Crippen LogP contribution in [-0.2, 0) is 25.7 Å². The Morgan fingerprint density at radius 2 is 1.66 bits per heavy atom. The molecule has 0 amide bonds. The Morgan fingerprint density at radius 3 is 2.34 bits per heavy atom. The third kappa shape index (κ3) is 4.94. The van der Waals surface area contributed by atoms with Gasteiger partial charge in [-0.05, 0) is 67.3 Å². The minimum Gasteiger partial charge on any atom is -0.486 e. The number of hydrogen-bond donors (Lipinski definition) is 1. The minimum absolute atomic E-state index is 0.183. The second kappa shape index (κ2) is 10.3. The van der Waals surface area contributed by atoms with Crippen molar-refractivity contribution in [1.82, 2.24) is 4.98 Å². The number of esters is 2. The molecule has 0 saturated carbocycles. The molecule has 1 aromatic heterocycles. The summed E-state index contributed by atoms with van der Waals surface area (Å²) in [5.74, 6) is -4.04. The highest BCUT2D eigenvalue weighted by atomic mass is 79.9. The predicted molar refractivity (Wildman–Crippen MR) is 147 cm³/mol. The number of nitrogens with one attached hydrogen (secondary N) is 1. The van der Waals surface area contributed by atoms with E-state index in [1.807, 2.05) is 48.5 Å². The number of carbonyl (C=O) groups is 2. The number of nitriles is 1. The van der Waals surface area contributed by atoms with Gasteiger partial charge in [-0.3, -0.25) is 9.59 Å². The van der Waals surface area contributed by atoms with Crippen LogP contribution in [0, 0.1) is 17.2 Å². The third-order valence-electron chi connectivity index (χ3n) is 6.38. The van der Waals surface area contributed by atoms with E-state index < -0.39 is 29.6 Å². The van der Waals surface area contributed by atoms with E-state index in [2.05, 4.69) is 42.9 Å². The molecule has 3 aromatic carbocycles. The standard InChI is InChI=1S/C29H22Br2N2O5/c1-29(2)37-27(34)25(28(35)38-29)24(20-14-33-23-10-6-5-9-19(20)23)18-11-21(30)26(22(31)12-18)36-15-17-8-4-3-7-16(17)13-32/h3-12,14,24-25,33H,15H2,1-2H3/t24-/m1/s1. The fraction of sp³-hybridized carbons (Fsp3) is 0.207. The maximum absolute atomic E-state index is 13.2. The van der Waals surface area contributed by atoms with Crippen LogP contribution in [0.5, 0.6) is 5.75 Å². The molecule has 1 N–H and O–H groups in total. The lowest BCUT2D eigenvalue weighted by Gasteiger charge is -2.36. The third-order valence-corrected chi connectivity index (χ3v) is 7.56. The summed E-state index contributed by atoms with van der Waals surface area (Å²) in [7, 11) is 0. The van der Waals surface area contributed by atoms with Gasteiger partial charge >= 0.3 is 11.9 Å². The Kier molecular flexibility index (Phi) is 7.03. The first-order valence-corrected chi connectivity index (χ1v) is 13.4. The number of carbonyl (C=O) groups excluding carboxylic acids is 2. The van der Waals surface area contributed by atoms with Gasteiger partial charge < -0.3 is 19.2 Å². The van der Waals surface area contributed by atoms with Crippen molar-refractivity contribution >= 4 is 54.7 Å². The Labute approximate surface area is 236 Å². The minimum atomic E-state index is -1.34. The van der Waals surface area contributed by atoms with Crippen LogP contribution in [0.15, 0.2) is 75.8 Å². The average Bonchev–Trinajstić information content (AvgIpc) is 3.29. The molecule has 1 atom stereocenters. The normalized spacial score (nSPS) is 16.0. The summed E-state index contributed by atoms with van der Waals surface area (Å²) in [4.78, 5) is 29.7. The summed E-state index contributed by atoms with van der Waals surface area (Å²) in [5, 5.41) is 10.3. The molecular weight excluding hydrogens is 616 g/mol. The van der Waals surface area contributed by atoms with E-state index in [0.29, 0.717) is 25.8 Å². The molecule has 38 heavy (non-hydrogen) atoms. The van der Waals surface area contributed by atoms with Gasteiger partial charge in [-0.15, -0.1) is 0 Å². The number of para-hydroxylation sites is 1. The van der Waals surface area contributed by atoms with Crippen LogP contribution in [0.3, 0.4) is 0 Å². The summed E-state index contributed by atoms with van der Waals surface area (Å²) in [6.45, 7) is 3.25. The SMILES string of the molecule is CC1(C)OC(=O)C([C@H](c2cc(Br)c(OCc3ccccc3C#N)c(Br)c2)c2c[nH]c3ccccc23)C(=O)O1. The number of aromatic amines is 1. The summed E-state index contributed by atoms with van der Waals surface area (Å²) in [6, 6.07) is 20.7. The highest BCUT2D eigenvalue weighted by molar-refractivity contribution is 9.11. The molecule has 4 aromatic rings. The zero-order valence-electron chi connectivity index (χ0n) is 20.5. The Bertz CT molecular complexity index is 1560. The van der Waals surface area contributed by atoms with E-state index in [1.165, 1.54) is 13.8 Å². The molecule has 192 valence electrons. The van der Waals surface area contributed by atoms with Crippen molar-refractivity contribution in [3.05, 3.63) is 98.1 Å². The van der Waals surface area contributed by atoms with Gasteiger partial charge in [0.2, 0.25) is 0 Å². The van der Waals surface area contributed by atoms with E-state index in [1.54, 1.807) is 18.3 Å². The number of hydrogen-bond acceptors (Lipinski definition) is 6. The first kappa shape index (κ1) is 26.0. The van der Waals surface area contributed by atoms with Crippen LogP contribution >= 0.6 is 31.9 Å². The number of H-pyrrole nitrogens is 1. The van der Waals surface area contributed by atoms with E-state index in [0.717, 1.165) is 22.0 Å². The van der Waals surface area contributed by atoms with Gasteiger partial charge in [0.1, 0.15) is 12.4 Å². The number of rotatable bonds is 6. The zero-order valence-corrected chi connectivity index (χ0v) is 23.6. The number of nitrogens with zero attached hydrogens (tertiary/aromatic N) is 1. The molecule has 0 aliphatic carbocycles. The molecular formula is C29H22Br2N2O5. The lowest BCUT2D eigenvalue weighted by atomic mass is 9.80. The first-order chi connectivity index (χ1) is 18.2. The van der Waals surface area contributed by atoms with Gasteiger partial charge in [0, 0.05) is 42.4 Å². The van der Waals surface area contributed by atoms with Gasteiger partial charge in [0.05, 0.1) is 20.6 Å². The number of halogens is 2. The summed E-state index contributed by atoms with van der Waals surface area (Å²) in [5.41, 5.74) is 3.60. The van der Waals surface area contributed by atoms with Gasteiger partial charge in [-0.1, -0.05) is 36.4 Å². The van der Waals surface area contributed by atoms with Crippen LogP contribution in [0.25, 0.3) is 10.9 Å². The number of ether oxygens (including phenoxy) is 3. The van der Waals surface area contributed by atoms with Crippen LogP contribution in [0.1, 0.15) is 42.0 Å². The molecule has 1 fully saturated rings. The van der Waals surface area contributed by atoms with Crippen molar-refractivity contribution in [3.63, 3.8) is 0 Å². The van der Waals surface area contributed by atoms with E-state index >= 15 is 0 Å². The molecule has 1 saturated heterocycles. The second-order valence-electron chi connectivity index (χ2n) is 9.36. The Hall–Kier alpha value is -3.61. The highest BCUT2D eigenvalue weighted by Crippen LogP contribution is 2.45. The number of aromatic nitrogens is 1. The van der Waals surface area contributed by atoms with E-state index in [4.69, 9.17) is 14.2 Å². The molecule has 0 bridgehead atoms. The van der Waals surface area contributed by atoms with Crippen molar-refractivity contribution in [2.75, 3.05) is 0 Å². The smallest absolute Gasteiger partial charge is 0.324 e. The summed E-state index contributed by atoms with van der Waals surface area (Å²) >= 11 is 7.20. The molecule has 1 aliphatic heterocycles. The molecule has 9 heteroatoms. The molecule has 0 radical (unpaired) electrons. The fourth-order valence-corrected chi connectivity index (χ4v) is 6.16. The van der Waals surface area contributed by atoms with Crippen molar-refractivity contribution < 1.29 is 23.8 Å². The second-order valence-corrected chi connectivity index (χ2v) is 11.1. The average molecular weight is 638 g/mol. The first-order valence-electron chi connectivity index (χ1n) is 11.8. The van der Waals surface area contributed by atoms with E-state index in [9.17, 15) is 14.9 Å². The van der Waals surface area contributed by atoms with Gasteiger partial charge in [0.25, 0.3) is 5.79 Å². The van der Waals surface area contributed by atoms with Crippen LogP contribution in [0.4, 0.5) is 0 Å². The lowest BCUT2D eigenvalue weighted by Crippen LogP contribution is -2.48. The predicted octanol–water partition coefficient (Wildman–Crippen LogP) is 6.73. The topological polar surface area (TPSA) is 101 Å². The zero-order chi connectivity index (χ0) is 27.0. The maximum Gasteiger partial charge on any atom is 0.324 e. The molecule has 7 nitrogen and oxygen atoms in total. The molecule has 5 rings (SSSR count). The summed E-state index contributed by atoms with van der Waals surface area (Å²) < 4.78 is 18.3. The van der Waals surface area contributed by atoms with Crippen molar-refractivity contribution in [2.24, 2.45) is 5.92 Å². The highest BCUT2D eigenvalue weighted by Gasteiger charge is 2.48. The van der Waals surface area contributed by atoms with Crippen LogP contribution < -0.4 is 4.74 Å². The molecule has 1 aliphatic rings. The molecule has 2 heterocycles. The van der Waals surface area contributed by atoms with Crippen molar-refractivity contribution in [2.45, 2.75) is 32.2 Å². The maximum atomic E-state index is 13.2. The van der Waals surface area contributed by atoms with Gasteiger partial charge in [0.15, 0.2) is 5.92 Å². The largest absolute Gasteiger partial charge is 0.486 e. The van der Waals surface area contributed by atoms with Crippen molar-refractivity contribution in [1.29, 1.82) is 5.26 Å². The lowest BCUT2D eigenvalue weighted by molar-refractivity contribution is -0.240. The number of cyclic esters (lactones) is 2. The summed E-state index contributed by atoms with van der Waals surface area (Å²) in [6.07, 6.45) is 1.81. The van der Waals surface area contributed by atoms with Gasteiger partial charge in [-0.25, -0.2) is 0 Å². The Morgan fingerprint density at radius 1 is 1.03 bits per heavy atom. The molecule has 0 spiro atoms. The van der Waals surface area contributed by atoms with E-state index in [-0.39, 0.29) is 6.61 Å². The number of fused-ring (bicyclic) bond motifs is 1. The molecule has 0 unspecified atom stereocenters. The Balaban J connectivity index is 1.57. The fourth-order valence-electron chi connectivity index (χ4n) is 4.71. The van der Waals surface area contributed by atoms with Crippen LogP contribution in [0.2, 0.25) is 0 Å². The van der Waals surface area contributed by atoms with Crippen molar-refractivity contribution in [3.8, 4) is 11.8 Å². The quantitative estimate of drug-likeness (QED) is 0.186.